The normalized spacial score (nSPS) is 15.1. The van der Waals surface area contributed by atoms with Crippen LogP contribution >= 0.6 is 0 Å². The van der Waals surface area contributed by atoms with Crippen molar-refractivity contribution < 1.29 is 12.8 Å². The molecule has 0 unspecified atom stereocenters. The van der Waals surface area contributed by atoms with Crippen LogP contribution in [0.2, 0.25) is 0 Å². The minimum atomic E-state index is -3.60. The molecule has 0 spiro atoms. The average molecular weight is 342 g/mol. The highest BCUT2D eigenvalue weighted by Crippen LogP contribution is 2.34. The van der Waals surface area contributed by atoms with Gasteiger partial charge in [-0.15, -0.1) is 0 Å². The lowest BCUT2D eigenvalue weighted by Gasteiger charge is -2.19. The molecule has 2 aromatic carbocycles. The maximum atomic E-state index is 12.6. The molecule has 1 aromatic heterocycles. The summed E-state index contributed by atoms with van der Waals surface area (Å²) in [5.74, 6) is 0. The van der Waals surface area contributed by atoms with E-state index in [9.17, 15) is 8.42 Å². The fourth-order valence-electron chi connectivity index (χ4n) is 3.13. The monoisotopic (exact) mass is 342 g/mol. The van der Waals surface area contributed by atoms with E-state index >= 15 is 0 Å². The van der Waals surface area contributed by atoms with Crippen LogP contribution in [0.5, 0.6) is 0 Å². The van der Waals surface area contributed by atoms with Crippen molar-refractivity contribution in [3.05, 3.63) is 54.8 Å². The van der Waals surface area contributed by atoms with Crippen LogP contribution < -0.4 is 9.62 Å². The summed E-state index contributed by atoms with van der Waals surface area (Å²) in [6, 6.07) is 13.9. The molecule has 1 fully saturated rings. The van der Waals surface area contributed by atoms with E-state index in [-0.39, 0.29) is 4.90 Å². The van der Waals surface area contributed by atoms with Crippen molar-refractivity contribution in [3.8, 4) is 0 Å². The SMILES string of the molecule is O=S(=O)(Nc1cc(N2CCCC2)c2occc2c1)c1ccccc1. The Bertz CT molecular complexity index is 958. The molecule has 0 atom stereocenters. The van der Waals surface area contributed by atoms with E-state index in [1.807, 2.05) is 12.1 Å². The molecule has 3 aromatic rings. The zero-order chi connectivity index (χ0) is 16.6. The quantitative estimate of drug-likeness (QED) is 0.782. The van der Waals surface area contributed by atoms with E-state index in [1.165, 1.54) is 0 Å². The molecular formula is C18H18N2O3S. The molecule has 6 heteroatoms. The van der Waals surface area contributed by atoms with Crippen molar-refractivity contribution in [2.45, 2.75) is 17.7 Å². The number of benzene rings is 2. The van der Waals surface area contributed by atoms with Gasteiger partial charge in [0.2, 0.25) is 0 Å². The third-order valence-corrected chi connectivity index (χ3v) is 5.68. The number of fused-ring (bicyclic) bond motifs is 1. The maximum absolute atomic E-state index is 12.6. The Morgan fingerprint density at radius 3 is 2.50 bits per heavy atom. The first kappa shape index (κ1) is 15.1. The summed E-state index contributed by atoms with van der Waals surface area (Å²) in [6.45, 7) is 1.93. The van der Waals surface area contributed by atoms with E-state index in [0.717, 1.165) is 42.6 Å². The molecule has 124 valence electrons. The van der Waals surface area contributed by atoms with E-state index < -0.39 is 10.0 Å². The molecular weight excluding hydrogens is 324 g/mol. The van der Waals surface area contributed by atoms with Crippen molar-refractivity contribution in [2.75, 3.05) is 22.7 Å². The van der Waals surface area contributed by atoms with Crippen LogP contribution in [0, 0.1) is 0 Å². The molecule has 0 amide bonds. The average Bonchev–Trinajstić information content (AvgIpc) is 3.26. The molecule has 0 aliphatic carbocycles. The summed E-state index contributed by atoms with van der Waals surface area (Å²) in [6.07, 6.45) is 3.92. The lowest BCUT2D eigenvalue weighted by Crippen LogP contribution is -2.18. The molecule has 0 saturated carbocycles. The number of nitrogens with zero attached hydrogens (tertiary/aromatic N) is 1. The molecule has 1 saturated heterocycles. The summed E-state index contributed by atoms with van der Waals surface area (Å²) in [5.41, 5.74) is 2.30. The van der Waals surface area contributed by atoms with Crippen LogP contribution in [0.4, 0.5) is 11.4 Å². The van der Waals surface area contributed by atoms with Crippen molar-refractivity contribution in [1.29, 1.82) is 0 Å². The fraction of sp³-hybridized carbons (Fsp3) is 0.222. The number of sulfonamides is 1. The minimum absolute atomic E-state index is 0.250. The molecule has 2 heterocycles. The Hall–Kier alpha value is -2.47. The summed E-state index contributed by atoms with van der Waals surface area (Å²) in [5, 5.41) is 0.894. The van der Waals surface area contributed by atoms with Gasteiger partial charge in [0, 0.05) is 18.5 Å². The van der Waals surface area contributed by atoms with Crippen LogP contribution in [-0.2, 0) is 10.0 Å². The van der Waals surface area contributed by atoms with Crippen LogP contribution in [0.1, 0.15) is 12.8 Å². The number of hydrogen-bond donors (Lipinski definition) is 1. The number of rotatable bonds is 4. The fourth-order valence-corrected chi connectivity index (χ4v) is 4.19. The molecule has 24 heavy (non-hydrogen) atoms. The van der Waals surface area contributed by atoms with Crippen molar-refractivity contribution in [1.82, 2.24) is 0 Å². The van der Waals surface area contributed by atoms with Crippen molar-refractivity contribution in [2.24, 2.45) is 0 Å². The van der Waals surface area contributed by atoms with Crippen LogP contribution in [0.3, 0.4) is 0 Å². The summed E-state index contributed by atoms with van der Waals surface area (Å²) >= 11 is 0. The van der Waals surface area contributed by atoms with Crippen molar-refractivity contribution >= 4 is 32.4 Å². The Kier molecular flexibility index (Phi) is 3.69. The first-order valence-corrected chi connectivity index (χ1v) is 9.46. The predicted molar refractivity (Wildman–Crippen MR) is 94.9 cm³/mol. The molecule has 1 N–H and O–H groups in total. The van der Waals surface area contributed by atoms with E-state index in [2.05, 4.69) is 9.62 Å². The third-order valence-electron chi connectivity index (χ3n) is 4.28. The lowest BCUT2D eigenvalue weighted by molar-refractivity contribution is 0.601. The Morgan fingerprint density at radius 1 is 1.00 bits per heavy atom. The number of nitrogens with one attached hydrogen (secondary N) is 1. The summed E-state index contributed by atoms with van der Waals surface area (Å²) in [7, 11) is -3.60. The highest BCUT2D eigenvalue weighted by Gasteiger charge is 2.20. The predicted octanol–water partition coefficient (Wildman–Crippen LogP) is 3.83. The second-order valence-corrected chi connectivity index (χ2v) is 7.63. The molecule has 0 radical (unpaired) electrons. The van der Waals surface area contributed by atoms with Gasteiger partial charge in [-0.1, -0.05) is 18.2 Å². The minimum Gasteiger partial charge on any atom is -0.462 e. The Labute approximate surface area is 140 Å². The van der Waals surface area contributed by atoms with Gasteiger partial charge in [-0.25, -0.2) is 8.42 Å². The van der Waals surface area contributed by atoms with E-state index in [1.54, 1.807) is 42.7 Å². The topological polar surface area (TPSA) is 62.6 Å². The standard InChI is InChI=1S/C18H18N2O3S/c21-24(22,16-6-2-1-3-7-16)19-15-12-14-8-11-23-18(14)17(13-15)20-9-4-5-10-20/h1-3,6-8,11-13,19H,4-5,9-10H2. The third kappa shape index (κ3) is 2.73. The van der Waals surface area contributed by atoms with Gasteiger partial charge in [0.05, 0.1) is 22.5 Å². The Balaban J connectivity index is 1.74. The van der Waals surface area contributed by atoms with Gasteiger partial charge < -0.3 is 9.32 Å². The largest absolute Gasteiger partial charge is 0.462 e. The van der Waals surface area contributed by atoms with Crippen LogP contribution in [0.15, 0.2) is 64.1 Å². The van der Waals surface area contributed by atoms with Crippen molar-refractivity contribution in [3.63, 3.8) is 0 Å². The highest BCUT2D eigenvalue weighted by atomic mass is 32.2. The molecule has 0 bridgehead atoms. The van der Waals surface area contributed by atoms with Crippen LogP contribution in [-0.4, -0.2) is 21.5 Å². The second kappa shape index (κ2) is 5.87. The van der Waals surface area contributed by atoms with Gasteiger partial charge in [0.25, 0.3) is 10.0 Å². The zero-order valence-electron chi connectivity index (χ0n) is 13.1. The van der Waals surface area contributed by atoms with E-state index in [0.29, 0.717) is 5.69 Å². The lowest BCUT2D eigenvalue weighted by atomic mass is 10.2. The van der Waals surface area contributed by atoms with Gasteiger partial charge in [0.15, 0.2) is 5.58 Å². The summed E-state index contributed by atoms with van der Waals surface area (Å²) in [4.78, 5) is 2.49. The first-order valence-electron chi connectivity index (χ1n) is 7.97. The highest BCUT2D eigenvalue weighted by molar-refractivity contribution is 7.92. The summed E-state index contributed by atoms with van der Waals surface area (Å²) < 4.78 is 33.4. The first-order chi connectivity index (χ1) is 11.6. The maximum Gasteiger partial charge on any atom is 0.261 e. The van der Waals surface area contributed by atoms with Gasteiger partial charge in [-0.2, -0.15) is 0 Å². The Morgan fingerprint density at radius 2 is 1.75 bits per heavy atom. The van der Waals surface area contributed by atoms with Gasteiger partial charge in [-0.05, 0) is 43.2 Å². The van der Waals surface area contributed by atoms with Gasteiger partial charge in [0.1, 0.15) is 0 Å². The number of anilines is 2. The number of furan rings is 1. The van der Waals surface area contributed by atoms with Gasteiger partial charge in [-0.3, -0.25) is 4.72 Å². The number of hydrogen-bond acceptors (Lipinski definition) is 4. The molecule has 1 aliphatic rings. The van der Waals surface area contributed by atoms with Gasteiger partial charge >= 0.3 is 0 Å². The van der Waals surface area contributed by atoms with Crippen LogP contribution in [0.25, 0.3) is 11.0 Å². The zero-order valence-corrected chi connectivity index (χ0v) is 13.9. The molecule has 1 aliphatic heterocycles. The molecule has 4 rings (SSSR count). The van der Waals surface area contributed by atoms with E-state index in [4.69, 9.17) is 4.42 Å². The second-order valence-electron chi connectivity index (χ2n) is 5.95. The molecule has 5 nitrogen and oxygen atoms in total. The smallest absolute Gasteiger partial charge is 0.261 e.